The second kappa shape index (κ2) is 6.81. The molecule has 0 saturated carbocycles. The van der Waals surface area contributed by atoms with Crippen LogP contribution in [0.15, 0.2) is 24.3 Å². The van der Waals surface area contributed by atoms with Crippen LogP contribution in [0.5, 0.6) is 0 Å². The summed E-state index contributed by atoms with van der Waals surface area (Å²) in [6.45, 7) is 3.91. The van der Waals surface area contributed by atoms with E-state index in [9.17, 15) is 9.18 Å². The molecule has 1 aliphatic rings. The van der Waals surface area contributed by atoms with Gasteiger partial charge in [-0.2, -0.15) is 0 Å². The van der Waals surface area contributed by atoms with Gasteiger partial charge >= 0.3 is 5.97 Å². The topological polar surface area (TPSA) is 49.8 Å². The van der Waals surface area contributed by atoms with Gasteiger partial charge in [-0.15, -0.1) is 0 Å². The van der Waals surface area contributed by atoms with Crippen LogP contribution in [-0.4, -0.2) is 47.8 Å². The molecule has 0 amide bonds. The zero-order valence-corrected chi connectivity index (χ0v) is 11.6. The summed E-state index contributed by atoms with van der Waals surface area (Å²) in [7, 11) is 0. The number of carboxylic acid groups (broad SMARTS) is 1. The SMILES string of the molecule is CC(Cc1ccccc1F)N1CCOC(CC(=O)O)C1. The van der Waals surface area contributed by atoms with Crippen LogP contribution in [0, 0.1) is 5.82 Å². The molecule has 2 rings (SSSR count). The van der Waals surface area contributed by atoms with E-state index in [1.807, 2.05) is 13.0 Å². The first-order chi connectivity index (χ1) is 9.56. The molecule has 1 fully saturated rings. The van der Waals surface area contributed by atoms with E-state index >= 15 is 0 Å². The minimum absolute atomic E-state index is 0.0168. The predicted molar refractivity (Wildman–Crippen MR) is 73.1 cm³/mol. The van der Waals surface area contributed by atoms with Crippen LogP contribution < -0.4 is 0 Å². The summed E-state index contributed by atoms with van der Waals surface area (Å²) < 4.78 is 19.1. The lowest BCUT2D eigenvalue weighted by molar-refractivity contribution is -0.142. The van der Waals surface area contributed by atoms with Crippen molar-refractivity contribution >= 4 is 5.97 Å². The molecule has 1 aromatic rings. The molecule has 110 valence electrons. The molecule has 1 aliphatic heterocycles. The van der Waals surface area contributed by atoms with E-state index in [0.717, 1.165) is 6.54 Å². The Hall–Kier alpha value is -1.46. The fourth-order valence-electron chi connectivity index (χ4n) is 2.57. The summed E-state index contributed by atoms with van der Waals surface area (Å²) in [5.41, 5.74) is 0.696. The van der Waals surface area contributed by atoms with Gasteiger partial charge in [-0.3, -0.25) is 9.69 Å². The van der Waals surface area contributed by atoms with E-state index in [0.29, 0.717) is 25.1 Å². The molecule has 20 heavy (non-hydrogen) atoms. The van der Waals surface area contributed by atoms with Crippen LogP contribution >= 0.6 is 0 Å². The molecule has 0 radical (unpaired) electrons. The molecular weight excluding hydrogens is 261 g/mol. The number of morpholine rings is 1. The third-order valence-corrected chi connectivity index (χ3v) is 3.67. The van der Waals surface area contributed by atoms with Crippen LogP contribution in [0.1, 0.15) is 18.9 Å². The number of halogens is 1. The third kappa shape index (κ3) is 4.02. The lowest BCUT2D eigenvalue weighted by atomic mass is 10.0. The van der Waals surface area contributed by atoms with Crippen LogP contribution in [0.3, 0.4) is 0 Å². The largest absolute Gasteiger partial charge is 0.481 e. The van der Waals surface area contributed by atoms with E-state index in [2.05, 4.69) is 4.90 Å². The molecule has 0 bridgehead atoms. The molecule has 5 heteroatoms. The van der Waals surface area contributed by atoms with E-state index < -0.39 is 5.97 Å². The number of aliphatic carboxylic acids is 1. The second-order valence-electron chi connectivity index (χ2n) is 5.23. The van der Waals surface area contributed by atoms with Crippen LogP contribution in [0.25, 0.3) is 0 Å². The van der Waals surface area contributed by atoms with E-state index in [-0.39, 0.29) is 24.4 Å². The Morgan fingerprint density at radius 3 is 3.00 bits per heavy atom. The van der Waals surface area contributed by atoms with Gasteiger partial charge in [0.2, 0.25) is 0 Å². The number of nitrogens with zero attached hydrogens (tertiary/aromatic N) is 1. The molecule has 0 spiro atoms. The Morgan fingerprint density at radius 1 is 1.55 bits per heavy atom. The number of ether oxygens (including phenoxy) is 1. The number of rotatable bonds is 5. The van der Waals surface area contributed by atoms with Gasteiger partial charge in [0.1, 0.15) is 5.82 Å². The van der Waals surface area contributed by atoms with Crippen molar-refractivity contribution in [1.29, 1.82) is 0 Å². The van der Waals surface area contributed by atoms with Gasteiger partial charge in [-0.25, -0.2) is 4.39 Å². The summed E-state index contributed by atoms with van der Waals surface area (Å²) in [6.07, 6.45) is 0.361. The number of hydrogen-bond donors (Lipinski definition) is 1. The molecule has 4 nitrogen and oxygen atoms in total. The zero-order valence-electron chi connectivity index (χ0n) is 11.6. The first-order valence-electron chi connectivity index (χ1n) is 6.87. The summed E-state index contributed by atoms with van der Waals surface area (Å²) in [5.74, 6) is -1.03. The van der Waals surface area contributed by atoms with Gasteiger partial charge in [0.25, 0.3) is 0 Å². The Balaban J connectivity index is 1.93. The second-order valence-corrected chi connectivity index (χ2v) is 5.23. The summed E-state index contributed by atoms with van der Waals surface area (Å²) in [6, 6.07) is 6.93. The summed E-state index contributed by atoms with van der Waals surface area (Å²) in [4.78, 5) is 12.9. The molecule has 0 aromatic heterocycles. The van der Waals surface area contributed by atoms with Gasteiger partial charge in [-0.05, 0) is 25.0 Å². The maximum absolute atomic E-state index is 13.6. The van der Waals surface area contributed by atoms with Crippen LogP contribution in [0.2, 0.25) is 0 Å². The van der Waals surface area contributed by atoms with Crippen molar-refractivity contribution in [1.82, 2.24) is 4.90 Å². The predicted octanol–water partition coefficient (Wildman–Crippen LogP) is 1.93. The summed E-state index contributed by atoms with van der Waals surface area (Å²) >= 11 is 0. The van der Waals surface area contributed by atoms with Crippen LogP contribution in [-0.2, 0) is 16.0 Å². The van der Waals surface area contributed by atoms with Crippen molar-refractivity contribution in [2.45, 2.75) is 31.9 Å². The quantitative estimate of drug-likeness (QED) is 0.896. The molecule has 2 atom stereocenters. The van der Waals surface area contributed by atoms with Crippen molar-refractivity contribution in [3.05, 3.63) is 35.6 Å². The van der Waals surface area contributed by atoms with Gasteiger partial charge in [-0.1, -0.05) is 18.2 Å². The van der Waals surface area contributed by atoms with E-state index in [1.165, 1.54) is 6.07 Å². The number of hydrogen-bond acceptors (Lipinski definition) is 3. The minimum atomic E-state index is -0.849. The lowest BCUT2D eigenvalue weighted by Crippen LogP contribution is -2.48. The van der Waals surface area contributed by atoms with Gasteiger partial charge in [0, 0.05) is 19.1 Å². The first kappa shape index (κ1) is 14.9. The molecule has 2 unspecified atom stereocenters. The lowest BCUT2D eigenvalue weighted by Gasteiger charge is -2.36. The van der Waals surface area contributed by atoms with Crippen molar-refractivity contribution < 1.29 is 19.0 Å². The van der Waals surface area contributed by atoms with Crippen LogP contribution in [0.4, 0.5) is 4.39 Å². The molecule has 1 aromatic carbocycles. The van der Waals surface area contributed by atoms with Gasteiger partial charge < -0.3 is 9.84 Å². The smallest absolute Gasteiger partial charge is 0.306 e. The monoisotopic (exact) mass is 281 g/mol. The molecule has 1 saturated heterocycles. The Labute approximate surface area is 118 Å². The fraction of sp³-hybridized carbons (Fsp3) is 0.533. The van der Waals surface area contributed by atoms with Crippen molar-refractivity contribution in [2.24, 2.45) is 0 Å². The highest BCUT2D eigenvalue weighted by Crippen LogP contribution is 2.16. The van der Waals surface area contributed by atoms with Crippen molar-refractivity contribution in [3.63, 3.8) is 0 Å². The molecule has 1 N–H and O–H groups in total. The number of carboxylic acids is 1. The fourth-order valence-corrected chi connectivity index (χ4v) is 2.57. The Morgan fingerprint density at radius 2 is 2.30 bits per heavy atom. The Bertz CT molecular complexity index is 466. The standard InChI is InChI=1S/C15H20FNO3/c1-11(8-12-4-2-3-5-14(12)16)17-6-7-20-13(10-17)9-15(18)19/h2-5,11,13H,6-10H2,1H3,(H,18,19). The van der Waals surface area contributed by atoms with Crippen molar-refractivity contribution in [3.8, 4) is 0 Å². The molecule has 0 aliphatic carbocycles. The van der Waals surface area contributed by atoms with E-state index in [1.54, 1.807) is 12.1 Å². The maximum atomic E-state index is 13.6. The minimum Gasteiger partial charge on any atom is -0.481 e. The van der Waals surface area contributed by atoms with Gasteiger partial charge in [0.05, 0.1) is 19.1 Å². The number of benzene rings is 1. The highest BCUT2D eigenvalue weighted by atomic mass is 19.1. The average Bonchev–Trinajstić information content (AvgIpc) is 2.41. The van der Waals surface area contributed by atoms with Crippen molar-refractivity contribution in [2.75, 3.05) is 19.7 Å². The number of carbonyl (C=O) groups is 1. The Kier molecular flexibility index (Phi) is 5.09. The van der Waals surface area contributed by atoms with Gasteiger partial charge in [0.15, 0.2) is 0 Å². The first-order valence-corrected chi connectivity index (χ1v) is 6.87. The summed E-state index contributed by atoms with van der Waals surface area (Å²) in [5, 5.41) is 8.81. The highest BCUT2D eigenvalue weighted by molar-refractivity contribution is 5.67. The molecule has 1 heterocycles. The van der Waals surface area contributed by atoms with E-state index in [4.69, 9.17) is 9.84 Å². The average molecular weight is 281 g/mol. The zero-order chi connectivity index (χ0) is 14.5. The highest BCUT2D eigenvalue weighted by Gasteiger charge is 2.26. The maximum Gasteiger partial charge on any atom is 0.306 e. The third-order valence-electron chi connectivity index (χ3n) is 3.67. The normalized spacial score (nSPS) is 21.6. The molecular formula is C15H20FNO3.